The van der Waals surface area contributed by atoms with Crippen LogP contribution in [0.3, 0.4) is 0 Å². The lowest BCUT2D eigenvalue weighted by molar-refractivity contribution is -0.870. The summed E-state index contributed by atoms with van der Waals surface area (Å²) in [5.41, 5.74) is 0. The standard InChI is InChI=1S/C78H153NO8/c1-6-8-10-12-14-16-18-20-22-24-26-28-30-31-32-33-34-35-36-37-38-39-40-41-42-43-44-45-47-49-51-53-55-57-59-61-63-65-67-69-76(81)87-74(73-86-78(77(82)83)84-71-70-79(3,4)5)72-85-75(80)68-66-64-62-60-58-56-54-52-50-48-46-29-27-25-23-21-19-17-15-13-11-9-7-2/h74,78H,6-73H2,1-5H3/p+1. The molecule has 9 nitrogen and oxygen atoms in total. The van der Waals surface area contributed by atoms with Crippen LogP contribution >= 0.6 is 0 Å². The van der Waals surface area contributed by atoms with Crippen molar-refractivity contribution in [2.24, 2.45) is 0 Å². The molecule has 87 heavy (non-hydrogen) atoms. The van der Waals surface area contributed by atoms with Gasteiger partial charge in [0.1, 0.15) is 13.2 Å². The van der Waals surface area contributed by atoms with Gasteiger partial charge >= 0.3 is 17.9 Å². The summed E-state index contributed by atoms with van der Waals surface area (Å²) in [6.07, 6.45) is 82.7. The van der Waals surface area contributed by atoms with Gasteiger partial charge in [0.2, 0.25) is 0 Å². The molecule has 0 aromatic heterocycles. The second-order valence-corrected chi connectivity index (χ2v) is 28.4. The molecule has 0 aliphatic carbocycles. The predicted molar refractivity (Wildman–Crippen MR) is 374 cm³/mol. The molecule has 0 bridgehead atoms. The maximum atomic E-state index is 13.0. The smallest absolute Gasteiger partial charge is 0.361 e. The molecule has 0 aromatic rings. The highest BCUT2D eigenvalue weighted by Crippen LogP contribution is 2.21. The fourth-order valence-electron chi connectivity index (χ4n) is 12.4. The third-order valence-electron chi connectivity index (χ3n) is 18.4. The van der Waals surface area contributed by atoms with Gasteiger partial charge in [-0.1, -0.05) is 399 Å². The van der Waals surface area contributed by atoms with Crippen LogP contribution in [0.25, 0.3) is 0 Å². The number of hydrogen-bond donors (Lipinski definition) is 1. The minimum Gasteiger partial charge on any atom is -0.477 e. The van der Waals surface area contributed by atoms with Crippen LogP contribution in [0.2, 0.25) is 0 Å². The summed E-state index contributed by atoms with van der Waals surface area (Å²) in [5, 5.41) is 9.76. The molecule has 0 amide bonds. The van der Waals surface area contributed by atoms with E-state index >= 15 is 0 Å². The average Bonchev–Trinajstić information content (AvgIpc) is 3.55. The number of carboxylic acid groups (broad SMARTS) is 1. The third-order valence-corrected chi connectivity index (χ3v) is 18.4. The Hall–Kier alpha value is -1.71. The lowest BCUT2D eigenvalue weighted by atomic mass is 10.0. The number of carbonyl (C=O) groups is 3. The van der Waals surface area contributed by atoms with Crippen molar-refractivity contribution in [1.29, 1.82) is 0 Å². The van der Waals surface area contributed by atoms with Gasteiger partial charge in [-0.3, -0.25) is 9.59 Å². The third kappa shape index (κ3) is 71.6. The summed E-state index contributed by atoms with van der Waals surface area (Å²) in [6, 6.07) is 0. The minimum atomic E-state index is -1.50. The first-order valence-electron chi connectivity index (χ1n) is 39.2. The van der Waals surface area contributed by atoms with Crippen molar-refractivity contribution in [1.82, 2.24) is 0 Å². The van der Waals surface area contributed by atoms with Crippen LogP contribution in [-0.2, 0) is 33.3 Å². The average molecular weight is 1230 g/mol. The van der Waals surface area contributed by atoms with Gasteiger partial charge in [-0.05, 0) is 12.8 Å². The van der Waals surface area contributed by atoms with Crippen LogP contribution in [0.15, 0.2) is 0 Å². The molecule has 0 aliphatic rings. The molecule has 9 heteroatoms. The highest BCUT2D eigenvalue weighted by Gasteiger charge is 2.25. The molecule has 0 aromatic carbocycles. The Morgan fingerprint density at radius 3 is 0.736 bits per heavy atom. The number of esters is 2. The van der Waals surface area contributed by atoms with Gasteiger partial charge in [-0.2, -0.15) is 0 Å². The molecule has 0 saturated heterocycles. The number of carboxylic acids is 1. The largest absolute Gasteiger partial charge is 0.477 e. The summed E-state index contributed by atoms with van der Waals surface area (Å²) in [5.74, 6) is -1.96. The van der Waals surface area contributed by atoms with Gasteiger partial charge in [-0.25, -0.2) is 4.79 Å². The molecule has 2 atom stereocenters. The van der Waals surface area contributed by atoms with Gasteiger partial charge in [0.15, 0.2) is 6.10 Å². The van der Waals surface area contributed by atoms with E-state index in [1.54, 1.807) is 0 Å². The van der Waals surface area contributed by atoms with Crippen molar-refractivity contribution in [2.75, 3.05) is 47.5 Å². The monoisotopic (exact) mass is 1230 g/mol. The normalized spacial score (nSPS) is 12.5. The van der Waals surface area contributed by atoms with E-state index in [2.05, 4.69) is 13.8 Å². The van der Waals surface area contributed by atoms with Crippen LogP contribution in [0.1, 0.15) is 425 Å². The zero-order chi connectivity index (χ0) is 63.3. The Morgan fingerprint density at radius 1 is 0.299 bits per heavy atom. The second-order valence-electron chi connectivity index (χ2n) is 28.4. The maximum Gasteiger partial charge on any atom is 0.361 e. The van der Waals surface area contributed by atoms with E-state index in [-0.39, 0.29) is 38.2 Å². The first kappa shape index (κ1) is 85.3. The number of unbranched alkanes of at least 4 members (excludes halogenated alkanes) is 60. The molecule has 0 saturated carbocycles. The first-order valence-corrected chi connectivity index (χ1v) is 39.2. The molecular weight excluding hydrogens is 1080 g/mol. The van der Waals surface area contributed by atoms with Crippen LogP contribution in [0.5, 0.6) is 0 Å². The van der Waals surface area contributed by atoms with Crippen LogP contribution in [0, 0.1) is 0 Å². The van der Waals surface area contributed by atoms with Crippen molar-refractivity contribution in [3.63, 3.8) is 0 Å². The number of rotatable bonds is 75. The molecule has 0 spiro atoms. The van der Waals surface area contributed by atoms with E-state index in [1.807, 2.05) is 21.1 Å². The van der Waals surface area contributed by atoms with E-state index in [1.165, 1.54) is 360 Å². The molecule has 0 radical (unpaired) electrons. The molecular formula is C78H154NO8+. The lowest BCUT2D eigenvalue weighted by Gasteiger charge is -2.25. The Balaban J connectivity index is 3.91. The quantitative estimate of drug-likeness (QED) is 0.0278. The van der Waals surface area contributed by atoms with Crippen molar-refractivity contribution >= 4 is 17.9 Å². The highest BCUT2D eigenvalue weighted by atomic mass is 16.7. The van der Waals surface area contributed by atoms with Crippen molar-refractivity contribution in [3.05, 3.63) is 0 Å². The molecule has 518 valence electrons. The molecule has 1 N–H and O–H groups in total. The Labute approximate surface area is 543 Å². The summed E-state index contributed by atoms with van der Waals surface area (Å²) in [4.78, 5) is 37.7. The van der Waals surface area contributed by atoms with Gasteiger partial charge in [-0.15, -0.1) is 0 Å². The van der Waals surface area contributed by atoms with E-state index in [0.29, 0.717) is 17.4 Å². The number of carbonyl (C=O) groups excluding carboxylic acids is 2. The van der Waals surface area contributed by atoms with E-state index in [0.717, 1.165) is 38.5 Å². The van der Waals surface area contributed by atoms with Crippen LogP contribution in [0.4, 0.5) is 0 Å². The van der Waals surface area contributed by atoms with Gasteiger partial charge in [0.05, 0.1) is 34.4 Å². The SMILES string of the molecule is CCCCCCCCCCCCCCCCCCCCCCCCCCCCCCCCCCCCCCCCCC(=O)OC(COC(=O)CCCCCCCCCCCCCCCCCCCCCCCCC)COC(OCC[N+](C)(C)C)C(=O)O. The Morgan fingerprint density at radius 2 is 0.517 bits per heavy atom. The van der Waals surface area contributed by atoms with Crippen molar-refractivity contribution < 1.29 is 42.9 Å². The number of nitrogens with zero attached hydrogens (tertiary/aromatic N) is 1. The molecule has 0 rings (SSSR count). The van der Waals surface area contributed by atoms with Crippen molar-refractivity contribution in [2.45, 2.75) is 437 Å². The van der Waals surface area contributed by atoms with Crippen molar-refractivity contribution in [3.8, 4) is 0 Å². The van der Waals surface area contributed by atoms with Crippen LogP contribution in [-0.4, -0.2) is 87.4 Å². The number of quaternary nitrogens is 1. The van der Waals surface area contributed by atoms with E-state index < -0.39 is 18.4 Å². The highest BCUT2D eigenvalue weighted by molar-refractivity contribution is 5.71. The fraction of sp³-hybridized carbons (Fsp3) is 0.962. The topological polar surface area (TPSA) is 108 Å². The summed E-state index contributed by atoms with van der Waals surface area (Å²) in [6.45, 7) is 4.98. The minimum absolute atomic E-state index is 0.172. The van der Waals surface area contributed by atoms with Gasteiger partial charge in [0.25, 0.3) is 6.29 Å². The fourth-order valence-corrected chi connectivity index (χ4v) is 12.4. The number of ether oxygens (including phenoxy) is 4. The Bertz CT molecular complexity index is 1390. The summed E-state index contributed by atoms with van der Waals surface area (Å²) >= 11 is 0. The zero-order valence-corrected chi connectivity index (χ0v) is 59.5. The molecule has 2 unspecified atom stereocenters. The maximum absolute atomic E-state index is 13.0. The second kappa shape index (κ2) is 70.2. The summed E-state index contributed by atoms with van der Waals surface area (Å²) < 4.78 is 23.0. The zero-order valence-electron chi connectivity index (χ0n) is 59.5. The van der Waals surface area contributed by atoms with E-state index in [9.17, 15) is 19.5 Å². The molecule has 0 heterocycles. The molecule has 0 fully saturated rings. The van der Waals surface area contributed by atoms with Gasteiger partial charge < -0.3 is 28.5 Å². The number of aliphatic carboxylic acids is 1. The summed E-state index contributed by atoms with van der Waals surface area (Å²) in [7, 11) is 6.00. The van der Waals surface area contributed by atoms with Crippen LogP contribution < -0.4 is 0 Å². The van der Waals surface area contributed by atoms with Gasteiger partial charge in [0, 0.05) is 12.8 Å². The number of likely N-dealkylation sites (N-methyl/N-ethyl adjacent to an activating group) is 1. The first-order chi connectivity index (χ1) is 42.6. The lowest BCUT2D eigenvalue weighted by Crippen LogP contribution is -2.40. The number of hydrogen-bond acceptors (Lipinski definition) is 7. The van der Waals surface area contributed by atoms with E-state index in [4.69, 9.17) is 18.9 Å². The predicted octanol–water partition coefficient (Wildman–Crippen LogP) is 24.6. The Kier molecular flexibility index (Phi) is 68.8. The molecule has 0 aliphatic heterocycles.